The molecule has 0 aliphatic carbocycles. The van der Waals surface area contributed by atoms with Gasteiger partial charge in [-0.05, 0) is 0 Å². The molecule has 0 aromatic heterocycles. The first-order valence-electron chi connectivity index (χ1n) is 1.62. The Morgan fingerprint density at radius 3 is 2.71 bits per heavy atom. The molecule has 0 N–H and O–H groups in total. The van der Waals surface area contributed by atoms with Crippen molar-refractivity contribution in [1.29, 1.82) is 0 Å². The van der Waals surface area contributed by atoms with Gasteiger partial charge in [0, 0.05) is 0 Å². The first-order chi connectivity index (χ1) is 3.31. The second-order valence-corrected chi connectivity index (χ2v) is 2.11. The van der Waals surface area contributed by atoms with E-state index in [-0.39, 0.29) is 0 Å². The first-order valence-corrected chi connectivity index (χ1v) is 2.59. The summed E-state index contributed by atoms with van der Waals surface area (Å²) >= 11 is 1.83. The molecule has 0 saturated heterocycles. The van der Waals surface area contributed by atoms with E-state index in [9.17, 15) is 4.79 Å². The number of hydrogen-bond acceptors (Lipinski definition) is 1. The molecule has 0 aromatic carbocycles. The van der Waals surface area contributed by atoms with Crippen molar-refractivity contribution in [1.82, 2.24) is 3.11 Å². The number of carbonyl (C=O) groups is 1. The number of nitrogens with zero attached hydrogens (tertiary/aromatic N) is 1. The molecule has 38 valence electrons. The molecule has 0 aliphatic rings. The third-order valence-corrected chi connectivity index (χ3v) is 0.925. The fraction of sp³-hybridized carbons (Fsp3) is 0.250. The lowest BCUT2D eigenvalue weighted by atomic mass is 10.7. The fourth-order valence-corrected chi connectivity index (χ4v) is 0.321. The maximum Gasteiger partial charge on any atom is 0.219 e. The molecule has 0 radical (unpaired) electrons. The molecule has 0 atom stereocenters. The second-order valence-electron chi connectivity index (χ2n) is 0.867. The molecule has 0 heterocycles. The summed E-state index contributed by atoms with van der Waals surface area (Å²) in [5.41, 5.74) is 0. The van der Waals surface area contributed by atoms with Gasteiger partial charge in [0.2, 0.25) is 6.41 Å². The predicted molar refractivity (Wildman–Crippen MR) is 35.6 cm³/mol. The Kier molecular flexibility index (Phi) is 3.80. The zero-order valence-corrected chi connectivity index (χ0v) is 5.75. The van der Waals surface area contributed by atoms with Gasteiger partial charge < -0.3 is 0 Å². The average molecular weight is 209 g/mol. The Hall–Kier alpha value is -0.240. The van der Waals surface area contributed by atoms with Crippen LogP contribution in [0.5, 0.6) is 0 Å². The van der Waals surface area contributed by atoms with Gasteiger partial charge in [0.25, 0.3) is 0 Å². The fourth-order valence-electron chi connectivity index (χ4n) is 0.124. The van der Waals surface area contributed by atoms with Gasteiger partial charge in [-0.15, -0.1) is 6.42 Å². The quantitative estimate of drug-likeness (QED) is 0.279. The number of halogens is 1. The highest BCUT2D eigenvalue weighted by molar-refractivity contribution is 14.1. The van der Waals surface area contributed by atoms with Crippen molar-refractivity contribution in [2.24, 2.45) is 0 Å². The molecular formula is C4H4INO. The molecule has 0 saturated carbocycles. The van der Waals surface area contributed by atoms with E-state index >= 15 is 0 Å². The van der Waals surface area contributed by atoms with Gasteiger partial charge in [0.05, 0.1) is 29.4 Å². The normalized spacial score (nSPS) is 6.86. The van der Waals surface area contributed by atoms with Gasteiger partial charge in [-0.1, -0.05) is 5.92 Å². The molecule has 0 spiro atoms. The van der Waals surface area contributed by atoms with Crippen LogP contribution < -0.4 is 0 Å². The maximum atomic E-state index is 9.72. The van der Waals surface area contributed by atoms with Crippen LogP contribution in [0.15, 0.2) is 0 Å². The summed E-state index contributed by atoms with van der Waals surface area (Å²) < 4.78 is 1.36. The summed E-state index contributed by atoms with van der Waals surface area (Å²) in [7, 11) is 0. The molecule has 0 aliphatic heterocycles. The number of amides is 1. The average Bonchev–Trinajstić information content (AvgIpc) is 1.68. The largest absolute Gasteiger partial charge is 0.278 e. The Bertz CT molecular complexity index is 96.4. The van der Waals surface area contributed by atoms with Gasteiger partial charge in [0.15, 0.2) is 0 Å². The molecule has 1 amide bonds. The number of rotatable bonds is 2. The van der Waals surface area contributed by atoms with Crippen LogP contribution in [0.3, 0.4) is 0 Å². The van der Waals surface area contributed by atoms with Crippen molar-refractivity contribution in [2.45, 2.75) is 0 Å². The minimum atomic E-state index is 0.379. The van der Waals surface area contributed by atoms with Crippen LogP contribution in [-0.2, 0) is 4.79 Å². The van der Waals surface area contributed by atoms with Crippen LogP contribution in [0.25, 0.3) is 0 Å². The Labute approximate surface area is 56.4 Å². The van der Waals surface area contributed by atoms with Crippen molar-refractivity contribution in [2.75, 3.05) is 6.54 Å². The molecule has 7 heavy (non-hydrogen) atoms. The summed E-state index contributed by atoms with van der Waals surface area (Å²) in [6.07, 6.45) is 5.53. The van der Waals surface area contributed by atoms with Crippen molar-refractivity contribution in [3.8, 4) is 12.3 Å². The highest BCUT2D eigenvalue weighted by Gasteiger charge is 1.85. The molecule has 0 bridgehead atoms. The topological polar surface area (TPSA) is 20.3 Å². The van der Waals surface area contributed by atoms with E-state index in [2.05, 4.69) is 5.92 Å². The Morgan fingerprint density at radius 1 is 2.00 bits per heavy atom. The standard InChI is InChI=1S/C4H4INO/c1-2-3-6(5)4-7/h1,4H,3H2. The van der Waals surface area contributed by atoms with Crippen molar-refractivity contribution < 1.29 is 4.79 Å². The first kappa shape index (κ1) is 6.76. The predicted octanol–water partition coefficient (Wildman–Crippen LogP) is 0.428. The zero-order valence-electron chi connectivity index (χ0n) is 3.60. The van der Waals surface area contributed by atoms with E-state index in [0.717, 1.165) is 0 Å². The van der Waals surface area contributed by atoms with Crippen LogP contribution in [0.2, 0.25) is 0 Å². The molecule has 2 nitrogen and oxygen atoms in total. The Morgan fingerprint density at radius 2 is 2.57 bits per heavy atom. The van der Waals surface area contributed by atoms with Crippen LogP contribution >= 0.6 is 22.9 Å². The number of carbonyl (C=O) groups excluding carboxylic acids is 1. The molecule has 0 unspecified atom stereocenters. The van der Waals surface area contributed by atoms with Crippen molar-refractivity contribution in [3.05, 3.63) is 0 Å². The van der Waals surface area contributed by atoms with E-state index in [1.165, 1.54) is 3.11 Å². The number of hydrogen-bond donors (Lipinski definition) is 0. The summed E-state index contributed by atoms with van der Waals surface area (Å²) in [5.74, 6) is 2.31. The summed E-state index contributed by atoms with van der Waals surface area (Å²) in [4.78, 5) is 9.72. The SMILES string of the molecule is C#CCN(I)C=O. The van der Waals surface area contributed by atoms with Gasteiger partial charge in [-0.25, -0.2) is 0 Å². The number of terminal acetylenes is 1. The van der Waals surface area contributed by atoms with E-state index in [1.807, 2.05) is 22.9 Å². The third kappa shape index (κ3) is 3.59. The molecular weight excluding hydrogens is 205 g/mol. The highest BCUT2D eigenvalue weighted by Crippen LogP contribution is 1.88. The second kappa shape index (κ2) is 3.93. The maximum absolute atomic E-state index is 9.72. The smallest absolute Gasteiger partial charge is 0.219 e. The van der Waals surface area contributed by atoms with Crippen LogP contribution in [0.4, 0.5) is 0 Å². The van der Waals surface area contributed by atoms with Gasteiger partial charge in [-0.3, -0.25) is 7.91 Å². The minimum Gasteiger partial charge on any atom is -0.278 e. The highest BCUT2D eigenvalue weighted by atomic mass is 127. The van der Waals surface area contributed by atoms with Gasteiger partial charge in [0.1, 0.15) is 0 Å². The lowest BCUT2D eigenvalue weighted by Gasteiger charge is -1.97. The molecule has 3 heteroatoms. The van der Waals surface area contributed by atoms with E-state index in [0.29, 0.717) is 13.0 Å². The molecule has 0 rings (SSSR count). The third-order valence-electron chi connectivity index (χ3n) is 0.357. The Balaban J connectivity index is 3.21. The minimum absolute atomic E-state index is 0.379. The van der Waals surface area contributed by atoms with Crippen molar-refractivity contribution in [3.63, 3.8) is 0 Å². The van der Waals surface area contributed by atoms with Gasteiger partial charge >= 0.3 is 0 Å². The van der Waals surface area contributed by atoms with E-state index < -0.39 is 0 Å². The van der Waals surface area contributed by atoms with E-state index in [1.54, 1.807) is 0 Å². The van der Waals surface area contributed by atoms with Crippen LogP contribution in [0, 0.1) is 12.3 Å². The van der Waals surface area contributed by atoms with Gasteiger partial charge in [-0.2, -0.15) is 0 Å². The van der Waals surface area contributed by atoms with Crippen molar-refractivity contribution >= 4 is 29.3 Å². The molecule has 0 fully saturated rings. The lowest BCUT2D eigenvalue weighted by Crippen LogP contribution is -2.06. The van der Waals surface area contributed by atoms with E-state index in [4.69, 9.17) is 6.42 Å². The summed E-state index contributed by atoms with van der Waals surface area (Å²) in [5, 5.41) is 0. The zero-order chi connectivity index (χ0) is 5.70. The van der Waals surface area contributed by atoms with Crippen LogP contribution in [-0.4, -0.2) is 16.1 Å². The summed E-state index contributed by atoms with van der Waals surface area (Å²) in [6.45, 7) is 0.379. The monoisotopic (exact) mass is 209 g/mol. The molecule has 0 aromatic rings. The lowest BCUT2D eigenvalue weighted by molar-refractivity contribution is -0.112. The summed E-state index contributed by atoms with van der Waals surface area (Å²) in [6, 6.07) is 0. The van der Waals surface area contributed by atoms with Crippen LogP contribution in [0.1, 0.15) is 0 Å².